The second-order valence-corrected chi connectivity index (χ2v) is 10.9. The lowest BCUT2D eigenvalue weighted by molar-refractivity contribution is -0.128. The van der Waals surface area contributed by atoms with E-state index >= 15 is 0 Å². The first-order chi connectivity index (χ1) is 15.8. The van der Waals surface area contributed by atoms with E-state index in [1.54, 1.807) is 19.1 Å². The molecule has 33 heavy (non-hydrogen) atoms. The van der Waals surface area contributed by atoms with E-state index in [1.165, 1.54) is 4.31 Å². The van der Waals surface area contributed by atoms with Gasteiger partial charge < -0.3 is 5.32 Å². The number of nitrogens with zero attached hydrogens (tertiary/aromatic N) is 3. The van der Waals surface area contributed by atoms with Gasteiger partial charge in [-0.25, -0.2) is 8.42 Å². The number of piperazine rings is 1. The largest absolute Gasteiger partial charge is 0.353 e. The van der Waals surface area contributed by atoms with E-state index in [-0.39, 0.29) is 40.8 Å². The average molecular weight is 491 g/mol. The maximum Gasteiger partial charge on any atom is 0.288 e. The third-order valence-corrected chi connectivity index (χ3v) is 8.79. The summed E-state index contributed by atoms with van der Waals surface area (Å²) in [6, 6.07) is 12.3. The van der Waals surface area contributed by atoms with Crippen molar-refractivity contribution in [2.24, 2.45) is 0 Å². The van der Waals surface area contributed by atoms with Gasteiger partial charge in [-0.3, -0.25) is 24.2 Å². The van der Waals surface area contributed by atoms with Crippen LogP contribution < -0.4 is 5.32 Å². The van der Waals surface area contributed by atoms with Gasteiger partial charge in [-0.2, -0.15) is 4.31 Å². The molecule has 11 heteroatoms. The molecule has 0 bridgehead atoms. The lowest BCUT2D eigenvalue weighted by Gasteiger charge is -2.36. The van der Waals surface area contributed by atoms with Crippen molar-refractivity contribution in [1.29, 1.82) is 0 Å². The average Bonchev–Trinajstić information content (AvgIpc) is 3.15. The molecule has 0 unspecified atom stereocenters. The molecule has 0 aliphatic carbocycles. The number of imide groups is 1. The number of fused-ring (bicyclic) bond motifs is 1. The Morgan fingerprint density at radius 3 is 2.42 bits per heavy atom. The summed E-state index contributed by atoms with van der Waals surface area (Å²) >= 11 is 0.965. The second-order valence-electron chi connectivity index (χ2n) is 8.02. The standard InChI is InChI=1S/C22H26N4O5S2/c1-16(21(28)23-8-9-26-20(27)15-32-22(26)29)24-10-12-25(13-11-24)33(30,31)19-7-6-17-4-2-3-5-18(17)14-19/h2-7,14,16H,8-13,15H2,1H3,(H,23,28)/t16-/m0/s1. The van der Waals surface area contributed by atoms with Crippen LogP contribution in [0.2, 0.25) is 0 Å². The Kier molecular flexibility index (Phi) is 7.03. The van der Waals surface area contributed by atoms with Crippen LogP contribution in [-0.2, 0) is 19.6 Å². The Hall–Kier alpha value is -2.47. The number of benzene rings is 2. The number of carbonyl (C=O) groups is 3. The first kappa shape index (κ1) is 23.7. The van der Waals surface area contributed by atoms with Gasteiger partial charge in [-0.15, -0.1) is 0 Å². The second kappa shape index (κ2) is 9.80. The van der Waals surface area contributed by atoms with Crippen molar-refractivity contribution in [1.82, 2.24) is 19.4 Å². The molecule has 2 aliphatic rings. The molecule has 2 aromatic carbocycles. The molecule has 1 atom stereocenters. The van der Waals surface area contributed by atoms with Crippen LogP contribution >= 0.6 is 11.8 Å². The van der Waals surface area contributed by atoms with Crippen LogP contribution in [0.1, 0.15) is 6.92 Å². The fourth-order valence-corrected chi connectivity index (χ4v) is 6.22. The third kappa shape index (κ3) is 5.06. The summed E-state index contributed by atoms with van der Waals surface area (Å²) < 4.78 is 27.7. The maximum atomic E-state index is 13.1. The summed E-state index contributed by atoms with van der Waals surface area (Å²) in [7, 11) is -3.62. The predicted molar refractivity (Wildman–Crippen MR) is 126 cm³/mol. The van der Waals surface area contributed by atoms with Crippen molar-refractivity contribution >= 4 is 49.6 Å². The molecule has 3 amide bonds. The number of thioether (sulfide) groups is 1. The predicted octanol–water partition coefficient (Wildman–Crippen LogP) is 1.35. The summed E-state index contributed by atoms with van der Waals surface area (Å²) in [6.07, 6.45) is 0. The molecule has 2 aliphatic heterocycles. The zero-order valence-corrected chi connectivity index (χ0v) is 19.9. The molecule has 9 nitrogen and oxygen atoms in total. The summed E-state index contributed by atoms with van der Waals surface area (Å²) in [4.78, 5) is 39.1. The number of nitrogens with one attached hydrogen (secondary N) is 1. The van der Waals surface area contributed by atoms with Crippen LogP contribution in [-0.4, -0.2) is 90.6 Å². The third-order valence-electron chi connectivity index (χ3n) is 6.03. The van der Waals surface area contributed by atoms with Gasteiger partial charge in [0, 0.05) is 39.3 Å². The number of sulfonamides is 1. The van der Waals surface area contributed by atoms with Crippen LogP contribution in [0.15, 0.2) is 47.4 Å². The Morgan fingerprint density at radius 2 is 1.76 bits per heavy atom. The summed E-state index contributed by atoms with van der Waals surface area (Å²) in [5, 5.41) is 4.34. The zero-order valence-electron chi connectivity index (χ0n) is 18.3. The van der Waals surface area contributed by atoms with Crippen molar-refractivity contribution in [3.63, 3.8) is 0 Å². The van der Waals surface area contributed by atoms with E-state index in [4.69, 9.17) is 0 Å². The molecule has 0 radical (unpaired) electrons. The maximum absolute atomic E-state index is 13.1. The first-order valence-corrected chi connectivity index (χ1v) is 13.2. The SMILES string of the molecule is C[C@@H](C(=O)NCCN1C(=O)CSC1=O)N1CCN(S(=O)(=O)c2ccc3ccccc3c2)CC1. The minimum absolute atomic E-state index is 0.148. The van der Waals surface area contributed by atoms with Gasteiger partial charge in [-0.05, 0) is 29.8 Å². The summed E-state index contributed by atoms with van der Waals surface area (Å²) in [6.45, 7) is 3.56. The summed E-state index contributed by atoms with van der Waals surface area (Å²) in [5.41, 5.74) is 0. The van der Waals surface area contributed by atoms with Crippen LogP contribution in [0.4, 0.5) is 4.79 Å². The zero-order chi connectivity index (χ0) is 23.6. The molecule has 4 rings (SSSR count). The highest BCUT2D eigenvalue weighted by Gasteiger charge is 2.32. The van der Waals surface area contributed by atoms with Crippen LogP contribution in [0.25, 0.3) is 10.8 Å². The molecule has 2 saturated heterocycles. The molecule has 2 heterocycles. The molecule has 0 saturated carbocycles. The van der Waals surface area contributed by atoms with E-state index in [0.717, 1.165) is 27.4 Å². The topological polar surface area (TPSA) is 107 Å². The number of carbonyl (C=O) groups excluding carboxylic acids is 3. The minimum Gasteiger partial charge on any atom is -0.353 e. The van der Waals surface area contributed by atoms with Gasteiger partial charge in [0.15, 0.2) is 0 Å². The number of rotatable bonds is 7. The van der Waals surface area contributed by atoms with Crippen LogP contribution in [0.3, 0.4) is 0 Å². The van der Waals surface area contributed by atoms with E-state index in [9.17, 15) is 22.8 Å². The van der Waals surface area contributed by atoms with Crippen molar-refractivity contribution in [2.45, 2.75) is 17.9 Å². The van der Waals surface area contributed by atoms with Gasteiger partial charge in [-0.1, -0.05) is 42.1 Å². The van der Waals surface area contributed by atoms with Gasteiger partial charge in [0.25, 0.3) is 5.24 Å². The molecule has 2 fully saturated rings. The molecule has 0 aromatic heterocycles. The van der Waals surface area contributed by atoms with Crippen molar-refractivity contribution < 1.29 is 22.8 Å². The first-order valence-electron chi connectivity index (χ1n) is 10.8. The van der Waals surface area contributed by atoms with Crippen LogP contribution in [0, 0.1) is 0 Å². The van der Waals surface area contributed by atoms with Crippen molar-refractivity contribution in [3.8, 4) is 0 Å². The van der Waals surface area contributed by atoms with E-state index < -0.39 is 16.1 Å². The highest BCUT2D eigenvalue weighted by atomic mass is 32.2. The lowest BCUT2D eigenvalue weighted by Crippen LogP contribution is -2.55. The fourth-order valence-electron chi connectivity index (χ4n) is 4.01. The number of amides is 3. The number of hydrogen-bond acceptors (Lipinski definition) is 7. The number of hydrogen-bond donors (Lipinski definition) is 1. The van der Waals surface area contributed by atoms with Gasteiger partial charge in [0.2, 0.25) is 21.8 Å². The monoisotopic (exact) mass is 490 g/mol. The molecule has 176 valence electrons. The Bertz CT molecular complexity index is 1160. The highest BCUT2D eigenvalue weighted by molar-refractivity contribution is 8.14. The van der Waals surface area contributed by atoms with Gasteiger partial charge in [0.1, 0.15) is 0 Å². The smallest absolute Gasteiger partial charge is 0.288 e. The van der Waals surface area contributed by atoms with Gasteiger partial charge >= 0.3 is 0 Å². The van der Waals surface area contributed by atoms with Crippen LogP contribution in [0.5, 0.6) is 0 Å². The Morgan fingerprint density at radius 1 is 1.06 bits per heavy atom. The van der Waals surface area contributed by atoms with Gasteiger partial charge in [0.05, 0.1) is 16.7 Å². The fraction of sp³-hybridized carbons (Fsp3) is 0.409. The van der Waals surface area contributed by atoms with Crippen molar-refractivity contribution in [2.75, 3.05) is 45.0 Å². The molecule has 0 spiro atoms. The molecular formula is C22H26N4O5S2. The Labute approximate surface area is 197 Å². The Balaban J connectivity index is 1.30. The lowest BCUT2D eigenvalue weighted by atomic mass is 10.1. The van der Waals surface area contributed by atoms with E-state index in [0.29, 0.717) is 26.2 Å². The summed E-state index contributed by atoms with van der Waals surface area (Å²) in [5.74, 6) is -0.307. The minimum atomic E-state index is -3.62. The molecule has 1 N–H and O–H groups in total. The van der Waals surface area contributed by atoms with Crippen molar-refractivity contribution in [3.05, 3.63) is 42.5 Å². The normalized spacial score (nSPS) is 19.2. The van der Waals surface area contributed by atoms with E-state index in [1.807, 2.05) is 35.2 Å². The van der Waals surface area contributed by atoms with E-state index in [2.05, 4.69) is 5.32 Å². The quantitative estimate of drug-likeness (QED) is 0.624. The highest BCUT2D eigenvalue weighted by Crippen LogP contribution is 2.23. The molecular weight excluding hydrogens is 464 g/mol. The molecule has 2 aromatic rings.